The lowest BCUT2D eigenvalue weighted by Gasteiger charge is -2.38. The van der Waals surface area contributed by atoms with Crippen molar-refractivity contribution in [3.63, 3.8) is 0 Å². The predicted octanol–water partition coefficient (Wildman–Crippen LogP) is 2.39. The first kappa shape index (κ1) is 24.0. The number of amides is 2. The van der Waals surface area contributed by atoms with Gasteiger partial charge in [-0.25, -0.2) is 8.42 Å². The highest BCUT2D eigenvalue weighted by Gasteiger charge is 2.34. The third kappa shape index (κ3) is 5.48. The molecule has 9 heteroatoms. The van der Waals surface area contributed by atoms with E-state index in [-0.39, 0.29) is 29.0 Å². The average Bonchev–Trinajstić information content (AvgIpc) is 2.88. The molecule has 0 atom stereocenters. The fourth-order valence-electron chi connectivity index (χ4n) is 4.38. The molecule has 4 rings (SSSR count). The van der Waals surface area contributed by atoms with Crippen LogP contribution in [0.1, 0.15) is 28.8 Å². The fourth-order valence-corrected chi connectivity index (χ4v) is 5.61. The molecule has 2 aromatic rings. The van der Waals surface area contributed by atoms with E-state index < -0.39 is 10.0 Å². The Morgan fingerprint density at radius 3 is 2.06 bits per heavy atom. The number of sulfonamides is 1. The van der Waals surface area contributed by atoms with Gasteiger partial charge in [0.15, 0.2) is 0 Å². The molecule has 0 aliphatic carbocycles. The summed E-state index contributed by atoms with van der Waals surface area (Å²) in [5, 5.41) is 11.2. The number of aromatic hydroxyl groups is 1. The number of piperidine rings is 1. The van der Waals surface area contributed by atoms with Crippen LogP contribution in [0.2, 0.25) is 0 Å². The number of phenols is 1. The number of para-hydroxylation sites is 1. The van der Waals surface area contributed by atoms with Gasteiger partial charge in [0, 0.05) is 50.6 Å². The number of hydrogen-bond donors (Lipinski definition) is 1. The Morgan fingerprint density at radius 1 is 0.824 bits per heavy atom. The van der Waals surface area contributed by atoms with Crippen LogP contribution in [0.5, 0.6) is 5.75 Å². The summed E-state index contributed by atoms with van der Waals surface area (Å²) < 4.78 is 26.8. The van der Waals surface area contributed by atoms with E-state index in [9.17, 15) is 23.1 Å². The van der Waals surface area contributed by atoms with Crippen LogP contribution < -0.4 is 0 Å². The molecule has 2 saturated heterocycles. The van der Waals surface area contributed by atoms with Gasteiger partial charge in [-0.1, -0.05) is 42.5 Å². The number of rotatable bonds is 5. The van der Waals surface area contributed by atoms with Crippen LogP contribution in [0.4, 0.5) is 0 Å². The molecule has 8 nitrogen and oxygen atoms in total. The number of carbonyl (C=O) groups is 2. The van der Waals surface area contributed by atoms with Crippen LogP contribution >= 0.6 is 0 Å². The van der Waals surface area contributed by atoms with Gasteiger partial charge in [0.1, 0.15) is 5.75 Å². The summed E-state index contributed by atoms with van der Waals surface area (Å²) in [6.45, 7) is 2.27. The molecular weight excluding hydrogens is 454 g/mol. The molecule has 0 bridgehead atoms. The van der Waals surface area contributed by atoms with Gasteiger partial charge in [0.25, 0.3) is 5.91 Å². The predicted molar refractivity (Wildman–Crippen MR) is 129 cm³/mol. The van der Waals surface area contributed by atoms with E-state index in [1.807, 2.05) is 30.3 Å². The third-order valence-electron chi connectivity index (χ3n) is 6.41. The average molecular weight is 484 g/mol. The summed E-state index contributed by atoms with van der Waals surface area (Å²) in [6, 6.07) is 15.7. The van der Waals surface area contributed by atoms with Crippen LogP contribution in [-0.4, -0.2) is 78.7 Å². The second-order valence-corrected chi connectivity index (χ2v) is 10.4. The Hall–Kier alpha value is -3.17. The number of carbonyl (C=O) groups excluding carboxylic acids is 2. The summed E-state index contributed by atoms with van der Waals surface area (Å²) in [6.07, 6.45) is 2.55. The Labute approximate surface area is 200 Å². The van der Waals surface area contributed by atoms with Crippen LogP contribution in [-0.2, 0) is 14.8 Å². The van der Waals surface area contributed by atoms with Gasteiger partial charge in [-0.3, -0.25) is 9.59 Å². The SMILES string of the molecule is O=C(c1ccccc1O)N1CCN(C(=O)C2CCN(S(=O)(=O)/C=C/c3ccccc3)CC2)CC1. The lowest BCUT2D eigenvalue weighted by atomic mass is 9.96. The lowest BCUT2D eigenvalue weighted by Crippen LogP contribution is -2.53. The van der Waals surface area contributed by atoms with Crippen LogP contribution in [0, 0.1) is 5.92 Å². The van der Waals surface area contributed by atoms with Gasteiger partial charge in [0.2, 0.25) is 15.9 Å². The standard InChI is InChI=1S/C25H29N3O5S/c29-23-9-5-4-8-22(23)25(31)27-17-15-26(16-18-27)24(30)21-10-13-28(14-11-21)34(32,33)19-12-20-6-2-1-3-7-20/h1-9,12,19,21,29H,10-11,13-18H2/b19-12+. The van der Waals surface area contributed by atoms with Crippen molar-refractivity contribution in [1.29, 1.82) is 0 Å². The summed E-state index contributed by atoms with van der Waals surface area (Å²) in [5.74, 6) is -0.491. The fraction of sp³-hybridized carbons (Fsp3) is 0.360. The zero-order valence-corrected chi connectivity index (χ0v) is 19.7. The quantitative estimate of drug-likeness (QED) is 0.704. The monoisotopic (exact) mass is 483 g/mol. The van der Waals surface area contributed by atoms with Gasteiger partial charge >= 0.3 is 0 Å². The lowest BCUT2D eigenvalue weighted by molar-refractivity contribution is -0.138. The van der Waals surface area contributed by atoms with Crippen LogP contribution in [0.25, 0.3) is 6.08 Å². The molecule has 1 N–H and O–H groups in total. The van der Waals surface area contributed by atoms with E-state index in [0.717, 1.165) is 5.56 Å². The molecule has 34 heavy (non-hydrogen) atoms. The number of piperazine rings is 1. The minimum Gasteiger partial charge on any atom is -0.507 e. The maximum Gasteiger partial charge on any atom is 0.257 e. The Kier molecular flexibility index (Phi) is 7.33. The van der Waals surface area contributed by atoms with Gasteiger partial charge in [-0.15, -0.1) is 0 Å². The van der Waals surface area contributed by atoms with Crippen molar-refractivity contribution in [2.75, 3.05) is 39.3 Å². The van der Waals surface area contributed by atoms with Gasteiger partial charge in [0.05, 0.1) is 5.56 Å². The minimum absolute atomic E-state index is 0.0199. The summed E-state index contributed by atoms with van der Waals surface area (Å²) in [4.78, 5) is 29.1. The highest BCUT2D eigenvalue weighted by molar-refractivity contribution is 7.92. The van der Waals surface area contributed by atoms with E-state index in [1.165, 1.54) is 15.8 Å². The van der Waals surface area contributed by atoms with Crippen LogP contribution in [0.15, 0.2) is 60.0 Å². The highest BCUT2D eigenvalue weighted by atomic mass is 32.2. The van der Waals surface area contributed by atoms with Crippen molar-refractivity contribution in [2.45, 2.75) is 12.8 Å². The molecule has 2 fully saturated rings. The van der Waals surface area contributed by atoms with Crippen molar-refractivity contribution in [3.8, 4) is 5.75 Å². The van der Waals surface area contributed by atoms with Gasteiger partial charge in [-0.2, -0.15) is 4.31 Å². The molecule has 2 heterocycles. The minimum atomic E-state index is -3.54. The smallest absolute Gasteiger partial charge is 0.257 e. The molecular formula is C25H29N3O5S. The number of nitrogens with zero attached hydrogens (tertiary/aromatic N) is 3. The molecule has 2 amide bonds. The number of hydrogen-bond acceptors (Lipinski definition) is 5. The van der Waals surface area contributed by atoms with E-state index in [4.69, 9.17) is 0 Å². The molecule has 0 unspecified atom stereocenters. The van der Waals surface area contributed by atoms with Crippen molar-refractivity contribution < 1.29 is 23.1 Å². The van der Waals surface area contributed by atoms with E-state index in [2.05, 4.69) is 0 Å². The molecule has 0 spiro atoms. The first-order valence-corrected chi connectivity index (χ1v) is 12.9. The molecule has 2 aromatic carbocycles. The topological polar surface area (TPSA) is 98.2 Å². The Bertz CT molecular complexity index is 1150. The molecule has 2 aliphatic heterocycles. The van der Waals surface area contributed by atoms with Crippen LogP contribution in [0.3, 0.4) is 0 Å². The number of phenolic OH excluding ortho intramolecular Hbond substituents is 1. The van der Waals surface area contributed by atoms with E-state index >= 15 is 0 Å². The molecule has 0 radical (unpaired) electrons. The van der Waals surface area contributed by atoms with E-state index in [0.29, 0.717) is 52.1 Å². The summed E-state index contributed by atoms with van der Waals surface area (Å²) in [7, 11) is -3.54. The molecule has 180 valence electrons. The third-order valence-corrected chi connectivity index (χ3v) is 7.97. The maximum atomic E-state index is 13.0. The Balaban J connectivity index is 1.27. The first-order chi connectivity index (χ1) is 16.3. The van der Waals surface area contributed by atoms with Crippen molar-refractivity contribution in [2.24, 2.45) is 5.92 Å². The second kappa shape index (κ2) is 10.4. The summed E-state index contributed by atoms with van der Waals surface area (Å²) in [5.41, 5.74) is 1.08. The van der Waals surface area contributed by atoms with Crippen molar-refractivity contribution in [3.05, 3.63) is 71.1 Å². The van der Waals surface area contributed by atoms with E-state index in [1.54, 1.807) is 34.1 Å². The Morgan fingerprint density at radius 2 is 1.41 bits per heavy atom. The largest absolute Gasteiger partial charge is 0.507 e. The van der Waals surface area contributed by atoms with Gasteiger partial charge < -0.3 is 14.9 Å². The summed E-state index contributed by atoms with van der Waals surface area (Å²) >= 11 is 0. The zero-order valence-electron chi connectivity index (χ0n) is 18.9. The van der Waals surface area contributed by atoms with Gasteiger partial charge in [-0.05, 0) is 36.6 Å². The maximum absolute atomic E-state index is 13.0. The van der Waals surface area contributed by atoms with Crippen molar-refractivity contribution >= 4 is 27.9 Å². The number of benzene rings is 2. The normalized spacial score (nSPS) is 18.4. The molecule has 0 aromatic heterocycles. The molecule has 0 saturated carbocycles. The van der Waals surface area contributed by atoms with Crippen molar-refractivity contribution in [1.82, 2.24) is 14.1 Å². The highest BCUT2D eigenvalue weighted by Crippen LogP contribution is 2.24. The second-order valence-electron chi connectivity index (χ2n) is 8.57. The zero-order chi connectivity index (χ0) is 24.1. The molecule has 2 aliphatic rings. The first-order valence-electron chi connectivity index (χ1n) is 11.4.